The molecule has 1 heterocycles. The van der Waals surface area contributed by atoms with Crippen molar-refractivity contribution in [1.82, 2.24) is 0 Å². The van der Waals surface area contributed by atoms with E-state index in [9.17, 15) is 14.9 Å². The van der Waals surface area contributed by atoms with Gasteiger partial charge in [-0.05, 0) is 29.8 Å². The molecule has 2 unspecified atom stereocenters. The maximum Gasteiger partial charge on any atom is 0.514 e. The van der Waals surface area contributed by atoms with Gasteiger partial charge in [0, 0.05) is 17.7 Å². The van der Waals surface area contributed by atoms with Crippen LogP contribution in [0.25, 0.3) is 0 Å². The molecule has 4 rings (SSSR count). The van der Waals surface area contributed by atoms with E-state index in [0.717, 1.165) is 11.1 Å². The maximum atomic E-state index is 12.3. The Labute approximate surface area is 177 Å². The lowest BCUT2D eigenvalue weighted by Gasteiger charge is -2.29. The fourth-order valence-electron chi connectivity index (χ4n) is 3.16. The van der Waals surface area contributed by atoms with Crippen LogP contribution in [0.1, 0.15) is 17.2 Å². The zero-order chi connectivity index (χ0) is 21.6. The highest BCUT2D eigenvalue weighted by molar-refractivity contribution is 5.94. The van der Waals surface area contributed by atoms with Gasteiger partial charge in [0.15, 0.2) is 6.10 Å². The molecule has 8 nitrogen and oxygen atoms in total. The van der Waals surface area contributed by atoms with E-state index in [4.69, 9.17) is 14.2 Å². The standard InChI is InChI=1S/C23H18N2O6/c26-23(30-19-13-11-18(12-14-19)25(27)28)31-20-15-29-22(17-9-5-2-6-10-17)24-21(20)16-7-3-1-4-8-16/h1-14,20-21H,15H2. The Hall–Kier alpha value is -4.20. The number of hydrogen-bond donors (Lipinski definition) is 0. The van der Waals surface area contributed by atoms with E-state index in [1.54, 1.807) is 0 Å². The molecule has 0 bridgehead atoms. The summed E-state index contributed by atoms with van der Waals surface area (Å²) < 4.78 is 16.4. The largest absolute Gasteiger partial charge is 0.514 e. The number of nitro benzene ring substituents is 1. The average Bonchev–Trinajstić information content (AvgIpc) is 2.81. The molecule has 1 aliphatic rings. The molecule has 0 aliphatic carbocycles. The summed E-state index contributed by atoms with van der Waals surface area (Å²) in [6.45, 7) is 0.0999. The van der Waals surface area contributed by atoms with Gasteiger partial charge < -0.3 is 14.2 Å². The number of nitro groups is 1. The fourth-order valence-corrected chi connectivity index (χ4v) is 3.16. The monoisotopic (exact) mass is 418 g/mol. The summed E-state index contributed by atoms with van der Waals surface area (Å²) in [7, 11) is 0. The molecule has 0 saturated heterocycles. The van der Waals surface area contributed by atoms with E-state index in [1.165, 1.54) is 24.3 Å². The van der Waals surface area contributed by atoms with Gasteiger partial charge in [-0.3, -0.25) is 10.1 Å². The molecule has 8 heteroatoms. The fraction of sp³-hybridized carbons (Fsp3) is 0.130. The summed E-state index contributed by atoms with van der Waals surface area (Å²) >= 11 is 0. The molecule has 0 saturated carbocycles. The van der Waals surface area contributed by atoms with Gasteiger partial charge in [0.05, 0.1) is 4.92 Å². The molecule has 2 atom stereocenters. The van der Waals surface area contributed by atoms with E-state index >= 15 is 0 Å². The molecule has 0 amide bonds. The Morgan fingerprint density at radius 3 is 2.26 bits per heavy atom. The maximum absolute atomic E-state index is 12.3. The van der Waals surface area contributed by atoms with Crippen LogP contribution in [0.3, 0.4) is 0 Å². The molecule has 3 aromatic rings. The highest BCUT2D eigenvalue weighted by atomic mass is 16.7. The van der Waals surface area contributed by atoms with Crippen molar-refractivity contribution in [3.8, 4) is 5.75 Å². The molecule has 156 valence electrons. The molecule has 0 fully saturated rings. The number of aliphatic imine (C=N–C) groups is 1. The minimum absolute atomic E-state index is 0.0999. The van der Waals surface area contributed by atoms with E-state index < -0.39 is 23.2 Å². The SMILES string of the molecule is O=C(Oc1ccc([N+](=O)[O-])cc1)OC1COC(c2ccccc2)=NC1c1ccccc1. The predicted molar refractivity (Wildman–Crippen MR) is 112 cm³/mol. The third-order valence-electron chi connectivity index (χ3n) is 4.65. The zero-order valence-corrected chi connectivity index (χ0v) is 16.3. The first kappa shape index (κ1) is 20.1. The molecule has 0 aromatic heterocycles. The van der Waals surface area contributed by atoms with Gasteiger partial charge in [-0.25, -0.2) is 9.79 Å². The number of hydrogen-bond acceptors (Lipinski definition) is 7. The van der Waals surface area contributed by atoms with Gasteiger partial charge >= 0.3 is 6.16 Å². The second-order valence-corrected chi connectivity index (χ2v) is 6.73. The van der Waals surface area contributed by atoms with Crippen LogP contribution in [-0.4, -0.2) is 29.7 Å². The van der Waals surface area contributed by atoms with Crippen molar-refractivity contribution < 1.29 is 23.9 Å². The predicted octanol–water partition coefficient (Wildman–Crippen LogP) is 4.70. The lowest BCUT2D eigenvalue weighted by molar-refractivity contribution is -0.384. The molecular weight excluding hydrogens is 400 g/mol. The number of ether oxygens (including phenoxy) is 3. The van der Waals surface area contributed by atoms with E-state index in [0.29, 0.717) is 5.90 Å². The van der Waals surface area contributed by atoms with Gasteiger partial charge in [-0.2, -0.15) is 0 Å². The molecule has 1 aliphatic heterocycles. The second kappa shape index (κ2) is 9.08. The Kier molecular flexibility index (Phi) is 5.89. The number of carbonyl (C=O) groups excluding carboxylic acids is 1. The second-order valence-electron chi connectivity index (χ2n) is 6.73. The van der Waals surface area contributed by atoms with Crippen LogP contribution in [0, 0.1) is 10.1 Å². The Bertz CT molecular complexity index is 1080. The third-order valence-corrected chi connectivity index (χ3v) is 4.65. The van der Waals surface area contributed by atoms with Crippen molar-refractivity contribution in [2.24, 2.45) is 4.99 Å². The summed E-state index contributed by atoms with van der Waals surface area (Å²) in [5.74, 6) is 0.607. The lowest BCUT2D eigenvalue weighted by Crippen LogP contribution is -2.36. The topological polar surface area (TPSA) is 100 Å². The van der Waals surface area contributed by atoms with Crippen LogP contribution in [-0.2, 0) is 9.47 Å². The minimum atomic E-state index is -0.943. The number of nitrogens with zero attached hydrogens (tertiary/aromatic N) is 2. The number of rotatable bonds is 5. The summed E-state index contributed by atoms with van der Waals surface area (Å²) in [5.41, 5.74) is 1.59. The van der Waals surface area contributed by atoms with E-state index in [2.05, 4.69) is 4.99 Å². The average molecular weight is 418 g/mol. The number of carbonyl (C=O) groups is 1. The first-order valence-corrected chi connectivity index (χ1v) is 9.54. The Balaban J connectivity index is 1.51. The quantitative estimate of drug-likeness (QED) is 0.258. The summed E-state index contributed by atoms with van der Waals surface area (Å²) in [6.07, 6.45) is -1.65. The number of benzene rings is 3. The van der Waals surface area contributed by atoms with Crippen LogP contribution in [0.4, 0.5) is 10.5 Å². The van der Waals surface area contributed by atoms with Crippen molar-refractivity contribution in [2.45, 2.75) is 12.1 Å². The van der Waals surface area contributed by atoms with Gasteiger partial charge in [-0.15, -0.1) is 0 Å². The number of non-ortho nitro benzene ring substituents is 1. The molecule has 3 aromatic carbocycles. The molecule has 0 radical (unpaired) electrons. The summed E-state index contributed by atoms with van der Waals surface area (Å²) in [5, 5.41) is 10.7. The molecule has 31 heavy (non-hydrogen) atoms. The van der Waals surface area contributed by atoms with Gasteiger partial charge in [0.1, 0.15) is 18.4 Å². The van der Waals surface area contributed by atoms with Crippen LogP contribution in [0.2, 0.25) is 0 Å². The van der Waals surface area contributed by atoms with Gasteiger partial charge in [-0.1, -0.05) is 48.5 Å². The molecule has 0 spiro atoms. The zero-order valence-electron chi connectivity index (χ0n) is 16.3. The Morgan fingerprint density at radius 2 is 1.61 bits per heavy atom. The molecule has 0 N–H and O–H groups in total. The smallest absolute Gasteiger partial charge is 0.473 e. The highest BCUT2D eigenvalue weighted by Gasteiger charge is 2.33. The first-order valence-electron chi connectivity index (χ1n) is 9.54. The summed E-state index contributed by atoms with van der Waals surface area (Å²) in [4.78, 5) is 27.2. The lowest BCUT2D eigenvalue weighted by atomic mass is 10.0. The van der Waals surface area contributed by atoms with E-state index in [-0.39, 0.29) is 18.0 Å². The van der Waals surface area contributed by atoms with Crippen molar-refractivity contribution in [3.63, 3.8) is 0 Å². The van der Waals surface area contributed by atoms with Crippen LogP contribution in [0.5, 0.6) is 5.75 Å². The van der Waals surface area contributed by atoms with Crippen molar-refractivity contribution >= 4 is 17.7 Å². The van der Waals surface area contributed by atoms with Crippen molar-refractivity contribution in [2.75, 3.05) is 6.61 Å². The Morgan fingerprint density at radius 1 is 0.968 bits per heavy atom. The van der Waals surface area contributed by atoms with Gasteiger partial charge in [0.2, 0.25) is 5.90 Å². The third kappa shape index (κ3) is 4.87. The molecular formula is C23H18N2O6. The van der Waals surface area contributed by atoms with E-state index in [1.807, 2.05) is 60.7 Å². The van der Waals surface area contributed by atoms with Crippen LogP contribution in [0.15, 0.2) is 89.9 Å². The highest BCUT2D eigenvalue weighted by Crippen LogP contribution is 2.29. The minimum Gasteiger partial charge on any atom is -0.473 e. The summed E-state index contributed by atoms with van der Waals surface area (Å²) in [6, 6.07) is 23.6. The normalized spacial score (nSPS) is 17.7. The van der Waals surface area contributed by atoms with Crippen molar-refractivity contribution in [1.29, 1.82) is 0 Å². The van der Waals surface area contributed by atoms with Crippen molar-refractivity contribution in [3.05, 3.63) is 106 Å². The van der Waals surface area contributed by atoms with Crippen LogP contribution >= 0.6 is 0 Å². The van der Waals surface area contributed by atoms with Crippen LogP contribution < -0.4 is 4.74 Å². The van der Waals surface area contributed by atoms with Gasteiger partial charge in [0.25, 0.3) is 5.69 Å². The first-order chi connectivity index (χ1) is 15.1.